The lowest BCUT2D eigenvalue weighted by Crippen LogP contribution is -2.21. The van der Waals surface area contributed by atoms with Crippen LogP contribution < -0.4 is 5.56 Å². The number of rotatable bonds is 3. The Labute approximate surface area is 139 Å². The Hall–Kier alpha value is -2.44. The molecule has 0 bridgehead atoms. The number of hydrogen-bond acceptors (Lipinski definition) is 5. The second kappa shape index (κ2) is 5.64. The number of hydrogen-bond donors (Lipinski definition) is 0. The molecule has 3 aromatic heterocycles. The van der Waals surface area contributed by atoms with Crippen molar-refractivity contribution < 1.29 is 4.42 Å². The predicted molar refractivity (Wildman–Crippen MR) is 89.9 cm³/mol. The molecule has 3 heterocycles. The van der Waals surface area contributed by atoms with Crippen molar-refractivity contribution in [2.45, 2.75) is 6.54 Å². The molecule has 114 valence electrons. The Bertz CT molecular complexity index is 1040. The maximum atomic E-state index is 12.5. The molecule has 23 heavy (non-hydrogen) atoms. The van der Waals surface area contributed by atoms with Crippen molar-refractivity contribution >= 4 is 33.8 Å². The van der Waals surface area contributed by atoms with Crippen LogP contribution in [-0.2, 0) is 6.54 Å². The number of fused-ring (bicyclic) bond motifs is 1. The van der Waals surface area contributed by atoms with E-state index in [2.05, 4.69) is 9.97 Å². The maximum Gasteiger partial charge on any atom is 0.261 e. The van der Waals surface area contributed by atoms with Crippen LogP contribution in [0, 0.1) is 0 Å². The third kappa shape index (κ3) is 2.67. The van der Waals surface area contributed by atoms with Gasteiger partial charge in [0.15, 0.2) is 0 Å². The van der Waals surface area contributed by atoms with E-state index in [1.54, 1.807) is 35.8 Å². The Morgan fingerprint density at radius 3 is 3.04 bits per heavy atom. The van der Waals surface area contributed by atoms with E-state index in [1.807, 2.05) is 17.5 Å². The lowest BCUT2D eigenvalue weighted by molar-refractivity contribution is 0.572. The molecular weight excluding hydrogens is 334 g/mol. The van der Waals surface area contributed by atoms with Gasteiger partial charge in [-0.05, 0) is 29.6 Å². The summed E-state index contributed by atoms with van der Waals surface area (Å²) in [6.07, 6.45) is 3.06. The molecular formula is C16H10ClN3O2S. The normalized spacial score (nSPS) is 11.2. The average Bonchev–Trinajstić information content (AvgIpc) is 3.21. The number of aromatic nitrogens is 3. The minimum Gasteiger partial charge on any atom is -0.443 e. The monoisotopic (exact) mass is 343 g/mol. The number of halogens is 1. The molecule has 0 N–H and O–H groups in total. The predicted octanol–water partition coefficient (Wildman–Crippen LogP) is 3.81. The lowest BCUT2D eigenvalue weighted by Gasteiger charge is -2.04. The minimum atomic E-state index is -0.132. The summed E-state index contributed by atoms with van der Waals surface area (Å²) in [5.74, 6) is 0.559. The van der Waals surface area contributed by atoms with E-state index >= 15 is 0 Å². The maximum absolute atomic E-state index is 12.5. The van der Waals surface area contributed by atoms with Crippen LogP contribution in [0.25, 0.3) is 21.7 Å². The standard InChI is InChI=1S/C16H10ClN3O2S/c17-10-3-4-12-13(6-10)18-9-20(16(12)21)7-11-8-22-15(19-11)14-2-1-5-23-14/h1-6,8-9H,7H2. The molecule has 0 aliphatic carbocycles. The van der Waals surface area contributed by atoms with Gasteiger partial charge in [0.1, 0.15) is 6.26 Å². The molecule has 0 amide bonds. The quantitative estimate of drug-likeness (QED) is 0.567. The summed E-state index contributed by atoms with van der Waals surface area (Å²) in [4.78, 5) is 22.2. The molecule has 4 rings (SSSR count). The fourth-order valence-electron chi connectivity index (χ4n) is 2.31. The van der Waals surface area contributed by atoms with E-state index < -0.39 is 0 Å². The molecule has 0 saturated heterocycles. The summed E-state index contributed by atoms with van der Waals surface area (Å²) in [7, 11) is 0. The van der Waals surface area contributed by atoms with E-state index in [9.17, 15) is 4.79 Å². The van der Waals surface area contributed by atoms with E-state index in [0.717, 1.165) is 4.88 Å². The number of nitrogens with zero attached hydrogens (tertiary/aromatic N) is 3. The Morgan fingerprint density at radius 2 is 2.22 bits per heavy atom. The number of thiophene rings is 1. The highest BCUT2D eigenvalue weighted by molar-refractivity contribution is 7.13. The van der Waals surface area contributed by atoms with Gasteiger partial charge in [-0.1, -0.05) is 17.7 Å². The van der Waals surface area contributed by atoms with Crippen LogP contribution in [0.1, 0.15) is 5.69 Å². The van der Waals surface area contributed by atoms with Crippen molar-refractivity contribution in [3.05, 3.63) is 69.4 Å². The van der Waals surface area contributed by atoms with Crippen LogP contribution in [0.15, 0.2) is 57.5 Å². The van der Waals surface area contributed by atoms with E-state index in [0.29, 0.717) is 34.1 Å². The van der Waals surface area contributed by atoms with Crippen molar-refractivity contribution in [1.29, 1.82) is 0 Å². The van der Waals surface area contributed by atoms with Gasteiger partial charge in [-0.15, -0.1) is 11.3 Å². The highest BCUT2D eigenvalue weighted by Gasteiger charge is 2.10. The molecule has 0 unspecified atom stereocenters. The van der Waals surface area contributed by atoms with Crippen molar-refractivity contribution in [2.24, 2.45) is 0 Å². The van der Waals surface area contributed by atoms with Gasteiger partial charge in [0.05, 0.1) is 34.3 Å². The molecule has 1 aromatic carbocycles. The molecule has 0 atom stereocenters. The Kier molecular flexibility index (Phi) is 3.48. The molecule has 5 nitrogen and oxygen atoms in total. The summed E-state index contributed by atoms with van der Waals surface area (Å²) < 4.78 is 6.98. The topological polar surface area (TPSA) is 60.9 Å². The first-order chi connectivity index (χ1) is 11.2. The summed E-state index contributed by atoms with van der Waals surface area (Å²) in [5.41, 5.74) is 1.12. The summed E-state index contributed by atoms with van der Waals surface area (Å²) in [5, 5.41) is 3.04. The lowest BCUT2D eigenvalue weighted by atomic mass is 10.2. The van der Waals surface area contributed by atoms with Crippen LogP contribution in [0.2, 0.25) is 5.02 Å². The molecule has 0 aliphatic heterocycles. The first-order valence-corrected chi connectivity index (χ1v) is 8.09. The highest BCUT2D eigenvalue weighted by atomic mass is 35.5. The first-order valence-electron chi connectivity index (χ1n) is 6.84. The Balaban J connectivity index is 1.69. The zero-order chi connectivity index (χ0) is 15.8. The van der Waals surface area contributed by atoms with Crippen LogP contribution in [-0.4, -0.2) is 14.5 Å². The molecule has 0 radical (unpaired) electrons. The van der Waals surface area contributed by atoms with Gasteiger partial charge in [-0.2, -0.15) is 0 Å². The largest absolute Gasteiger partial charge is 0.443 e. The van der Waals surface area contributed by atoms with Gasteiger partial charge in [0, 0.05) is 5.02 Å². The van der Waals surface area contributed by atoms with Gasteiger partial charge < -0.3 is 4.42 Å². The number of benzene rings is 1. The molecule has 4 aromatic rings. The fraction of sp³-hybridized carbons (Fsp3) is 0.0625. The molecule has 0 saturated carbocycles. The minimum absolute atomic E-state index is 0.132. The van der Waals surface area contributed by atoms with Crippen LogP contribution in [0.5, 0.6) is 0 Å². The van der Waals surface area contributed by atoms with Crippen LogP contribution >= 0.6 is 22.9 Å². The van der Waals surface area contributed by atoms with Crippen molar-refractivity contribution in [1.82, 2.24) is 14.5 Å². The first kappa shape index (κ1) is 14.2. The summed E-state index contributed by atoms with van der Waals surface area (Å²) in [6, 6.07) is 8.92. The summed E-state index contributed by atoms with van der Waals surface area (Å²) >= 11 is 7.47. The average molecular weight is 344 g/mol. The van der Waals surface area contributed by atoms with Crippen LogP contribution in [0.4, 0.5) is 0 Å². The molecule has 7 heteroatoms. The molecule has 0 fully saturated rings. The van der Waals surface area contributed by atoms with E-state index in [-0.39, 0.29) is 5.56 Å². The fourth-order valence-corrected chi connectivity index (χ4v) is 3.13. The SMILES string of the molecule is O=c1c2ccc(Cl)cc2ncn1Cc1coc(-c2cccs2)n1. The Morgan fingerprint density at radius 1 is 1.30 bits per heavy atom. The van der Waals surface area contributed by atoms with Gasteiger partial charge in [0.25, 0.3) is 5.56 Å². The van der Waals surface area contributed by atoms with E-state index in [1.165, 1.54) is 10.9 Å². The van der Waals surface area contributed by atoms with Gasteiger partial charge >= 0.3 is 0 Å². The number of oxazole rings is 1. The van der Waals surface area contributed by atoms with Gasteiger partial charge in [0.2, 0.25) is 5.89 Å². The van der Waals surface area contributed by atoms with Crippen LogP contribution in [0.3, 0.4) is 0 Å². The third-order valence-corrected chi connectivity index (χ3v) is 4.50. The van der Waals surface area contributed by atoms with Gasteiger partial charge in [-0.3, -0.25) is 9.36 Å². The zero-order valence-corrected chi connectivity index (χ0v) is 13.3. The van der Waals surface area contributed by atoms with E-state index in [4.69, 9.17) is 16.0 Å². The van der Waals surface area contributed by atoms with Crippen molar-refractivity contribution in [3.63, 3.8) is 0 Å². The zero-order valence-electron chi connectivity index (χ0n) is 11.8. The second-order valence-electron chi connectivity index (χ2n) is 4.96. The highest BCUT2D eigenvalue weighted by Crippen LogP contribution is 2.23. The molecule has 0 aliphatic rings. The summed E-state index contributed by atoms with van der Waals surface area (Å²) in [6.45, 7) is 0.305. The second-order valence-corrected chi connectivity index (χ2v) is 6.34. The van der Waals surface area contributed by atoms with Crippen molar-refractivity contribution in [3.8, 4) is 10.8 Å². The van der Waals surface area contributed by atoms with Crippen molar-refractivity contribution in [2.75, 3.05) is 0 Å². The molecule has 0 spiro atoms. The van der Waals surface area contributed by atoms with Gasteiger partial charge in [-0.25, -0.2) is 9.97 Å². The third-order valence-electron chi connectivity index (χ3n) is 3.40. The smallest absolute Gasteiger partial charge is 0.261 e.